The number of hydrogen-bond acceptors (Lipinski definition) is 5. The van der Waals surface area contributed by atoms with Crippen LogP contribution in [0.3, 0.4) is 0 Å². The van der Waals surface area contributed by atoms with Crippen LogP contribution in [-0.4, -0.2) is 42.6 Å². The van der Waals surface area contributed by atoms with E-state index < -0.39 is 5.82 Å². The van der Waals surface area contributed by atoms with Gasteiger partial charge in [0, 0.05) is 6.54 Å². The Balaban J connectivity index is 2.11. The molecule has 22 heavy (non-hydrogen) atoms. The molecule has 1 aromatic heterocycles. The van der Waals surface area contributed by atoms with Crippen LogP contribution in [-0.2, 0) is 0 Å². The summed E-state index contributed by atoms with van der Waals surface area (Å²) in [5.41, 5.74) is 2.41. The third-order valence-electron chi connectivity index (χ3n) is 3.44. The highest BCUT2D eigenvalue weighted by atomic mass is 19.1. The Labute approximate surface area is 130 Å². The lowest BCUT2D eigenvalue weighted by molar-refractivity contribution is 0.311. The normalized spacial score (nSPS) is 12.3. The minimum atomic E-state index is -0.573. The highest BCUT2D eigenvalue weighted by Crippen LogP contribution is 2.20. The largest absolute Gasteiger partial charge is 0.479 e. The first-order valence-corrected chi connectivity index (χ1v) is 7.04. The van der Waals surface area contributed by atoms with Crippen LogP contribution < -0.4 is 10.1 Å². The summed E-state index contributed by atoms with van der Waals surface area (Å²) in [6.07, 6.45) is 1.10. The van der Waals surface area contributed by atoms with E-state index in [9.17, 15) is 4.39 Å². The lowest BCUT2D eigenvalue weighted by Gasteiger charge is -2.25. The van der Waals surface area contributed by atoms with Gasteiger partial charge in [-0.05, 0) is 26.6 Å². The highest BCUT2D eigenvalue weighted by Gasteiger charge is 2.15. The molecular formula is C16H21FN4O. The molecule has 0 spiro atoms. The summed E-state index contributed by atoms with van der Waals surface area (Å²) < 4.78 is 18.2. The molecule has 0 fully saturated rings. The van der Waals surface area contributed by atoms with E-state index in [1.807, 2.05) is 14.1 Å². The third-order valence-corrected chi connectivity index (χ3v) is 3.44. The number of benzene rings is 1. The van der Waals surface area contributed by atoms with Crippen molar-refractivity contribution in [3.63, 3.8) is 0 Å². The maximum Gasteiger partial charge on any atom is 0.255 e. The van der Waals surface area contributed by atoms with E-state index in [1.54, 1.807) is 0 Å². The number of aryl methyl sites for hydroxylation is 1. The van der Waals surface area contributed by atoms with Gasteiger partial charge in [-0.3, -0.25) is 0 Å². The second kappa shape index (κ2) is 7.17. The minimum absolute atomic E-state index is 0.0609. The lowest BCUT2D eigenvalue weighted by Crippen LogP contribution is -2.27. The fourth-order valence-electron chi connectivity index (χ4n) is 2.15. The SMILES string of the molecule is COc1nc(NCC(c2ccc(C)cc2)N(C)C)ncc1F. The molecule has 0 aliphatic heterocycles. The second-order valence-electron chi connectivity index (χ2n) is 5.32. The van der Waals surface area contributed by atoms with E-state index >= 15 is 0 Å². The van der Waals surface area contributed by atoms with Gasteiger partial charge in [-0.15, -0.1) is 0 Å². The van der Waals surface area contributed by atoms with E-state index in [-0.39, 0.29) is 11.9 Å². The first kappa shape index (κ1) is 16.2. The summed E-state index contributed by atoms with van der Waals surface area (Å²) in [5.74, 6) is -0.290. The second-order valence-corrected chi connectivity index (χ2v) is 5.32. The fraction of sp³-hybridized carbons (Fsp3) is 0.375. The number of halogens is 1. The minimum Gasteiger partial charge on any atom is -0.479 e. The molecule has 0 saturated heterocycles. The summed E-state index contributed by atoms with van der Waals surface area (Å²) in [6, 6.07) is 8.54. The predicted molar refractivity (Wildman–Crippen MR) is 84.6 cm³/mol. The van der Waals surface area contributed by atoms with Gasteiger partial charge in [0.05, 0.1) is 19.3 Å². The van der Waals surface area contributed by atoms with Crippen molar-refractivity contribution in [2.45, 2.75) is 13.0 Å². The number of ether oxygens (including phenoxy) is 1. The van der Waals surface area contributed by atoms with Gasteiger partial charge in [-0.1, -0.05) is 29.8 Å². The van der Waals surface area contributed by atoms with Crippen LogP contribution in [0, 0.1) is 12.7 Å². The van der Waals surface area contributed by atoms with Crippen LogP contribution in [0.1, 0.15) is 17.2 Å². The van der Waals surface area contributed by atoms with Gasteiger partial charge in [0.1, 0.15) is 0 Å². The van der Waals surface area contributed by atoms with Crippen LogP contribution >= 0.6 is 0 Å². The van der Waals surface area contributed by atoms with Gasteiger partial charge in [-0.2, -0.15) is 9.37 Å². The van der Waals surface area contributed by atoms with E-state index in [2.05, 4.69) is 51.4 Å². The zero-order chi connectivity index (χ0) is 16.1. The molecule has 1 atom stereocenters. The molecule has 2 rings (SSSR count). The Morgan fingerprint density at radius 3 is 2.55 bits per heavy atom. The Hall–Kier alpha value is -2.21. The molecule has 1 unspecified atom stereocenters. The van der Waals surface area contributed by atoms with Gasteiger partial charge in [0.25, 0.3) is 5.88 Å². The topological polar surface area (TPSA) is 50.3 Å². The lowest BCUT2D eigenvalue weighted by atomic mass is 10.0. The quantitative estimate of drug-likeness (QED) is 0.889. The predicted octanol–water partition coefficient (Wildman–Crippen LogP) is 2.65. The first-order chi connectivity index (χ1) is 10.5. The van der Waals surface area contributed by atoms with Crippen molar-refractivity contribution < 1.29 is 9.13 Å². The van der Waals surface area contributed by atoms with E-state index in [4.69, 9.17) is 4.74 Å². The van der Waals surface area contributed by atoms with E-state index in [1.165, 1.54) is 18.2 Å². The van der Waals surface area contributed by atoms with Crippen LogP contribution in [0.15, 0.2) is 30.5 Å². The summed E-state index contributed by atoms with van der Waals surface area (Å²) in [6.45, 7) is 2.66. The van der Waals surface area contributed by atoms with Gasteiger partial charge in [0.15, 0.2) is 0 Å². The monoisotopic (exact) mass is 304 g/mol. The molecule has 118 valence electrons. The number of anilines is 1. The molecule has 0 amide bonds. The van der Waals surface area contributed by atoms with Gasteiger partial charge in [0.2, 0.25) is 11.8 Å². The molecule has 5 nitrogen and oxygen atoms in total. The van der Waals surface area contributed by atoms with Crippen LogP contribution in [0.2, 0.25) is 0 Å². The maximum absolute atomic E-state index is 13.3. The van der Waals surface area contributed by atoms with E-state index in [0.29, 0.717) is 12.5 Å². The summed E-state index contributed by atoms with van der Waals surface area (Å²) in [7, 11) is 5.40. The molecule has 1 N–H and O–H groups in total. The van der Waals surface area contributed by atoms with Crippen molar-refractivity contribution in [1.82, 2.24) is 14.9 Å². The zero-order valence-electron chi connectivity index (χ0n) is 13.3. The van der Waals surface area contributed by atoms with Crippen molar-refractivity contribution in [2.75, 3.05) is 33.1 Å². The Bertz CT molecular complexity index is 616. The number of hydrogen-bond donors (Lipinski definition) is 1. The van der Waals surface area contributed by atoms with Crippen molar-refractivity contribution in [2.24, 2.45) is 0 Å². The van der Waals surface area contributed by atoms with Gasteiger partial charge >= 0.3 is 0 Å². The molecule has 2 aromatic rings. The molecule has 0 aliphatic rings. The summed E-state index contributed by atoms with van der Waals surface area (Å²) in [5, 5.41) is 3.13. The summed E-state index contributed by atoms with van der Waals surface area (Å²) >= 11 is 0. The molecule has 6 heteroatoms. The number of methoxy groups -OCH3 is 1. The molecule has 0 bridgehead atoms. The number of aromatic nitrogens is 2. The average Bonchev–Trinajstić information content (AvgIpc) is 2.50. The standard InChI is InChI=1S/C16H21FN4O/c1-11-5-7-12(8-6-11)14(21(2)3)10-19-16-18-9-13(17)15(20-16)22-4/h5-9,14H,10H2,1-4H3,(H,18,19,20). The molecule has 1 aromatic carbocycles. The molecule has 1 heterocycles. The Morgan fingerprint density at radius 2 is 1.95 bits per heavy atom. The smallest absolute Gasteiger partial charge is 0.255 e. The zero-order valence-corrected chi connectivity index (χ0v) is 13.3. The Morgan fingerprint density at radius 1 is 1.27 bits per heavy atom. The van der Waals surface area contributed by atoms with Crippen molar-refractivity contribution >= 4 is 5.95 Å². The van der Waals surface area contributed by atoms with Crippen molar-refractivity contribution in [3.05, 3.63) is 47.4 Å². The fourth-order valence-corrected chi connectivity index (χ4v) is 2.15. The molecule has 0 radical (unpaired) electrons. The maximum atomic E-state index is 13.3. The number of rotatable bonds is 6. The molecule has 0 aliphatic carbocycles. The van der Waals surface area contributed by atoms with E-state index in [0.717, 1.165) is 6.20 Å². The number of nitrogens with zero attached hydrogens (tertiary/aromatic N) is 3. The average molecular weight is 304 g/mol. The highest BCUT2D eigenvalue weighted by molar-refractivity contribution is 5.31. The van der Waals surface area contributed by atoms with Crippen molar-refractivity contribution in [3.8, 4) is 5.88 Å². The van der Waals surface area contributed by atoms with Gasteiger partial charge in [-0.25, -0.2) is 4.98 Å². The molecule has 0 saturated carbocycles. The van der Waals surface area contributed by atoms with Crippen LogP contribution in [0.4, 0.5) is 10.3 Å². The number of likely N-dealkylation sites (N-methyl/N-ethyl adjacent to an activating group) is 1. The van der Waals surface area contributed by atoms with Gasteiger partial charge < -0.3 is 15.0 Å². The van der Waals surface area contributed by atoms with Crippen molar-refractivity contribution in [1.29, 1.82) is 0 Å². The van der Waals surface area contributed by atoms with Crippen LogP contribution in [0.5, 0.6) is 5.88 Å². The molecular weight excluding hydrogens is 283 g/mol. The Kier molecular flexibility index (Phi) is 5.27. The third kappa shape index (κ3) is 3.92. The number of nitrogens with one attached hydrogen (secondary N) is 1. The van der Waals surface area contributed by atoms with Crippen LogP contribution in [0.25, 0.3) is 0 Å². The first-order valence-electron chi connectivity index (χ1n) is 7.04. The summed E-state index contributed by atoms with van der Waals surface area (Å²) in [4.78, 5) is 10.0.